The van der Waals surface area contributed by atoms with Gasteiger partial charge in [0.05, 0.1) is 6.17 Å². The molecule has 7 nitrogen and oxygen atoms in total. The number of nitrogens with two attached hydrogens (primary N) is 1. The van der Waals surface area contributed by atoms with Crippen LogP contribution < -0.4 is 16.4 Å². The number of hydrogen-bond donors (Lipinski definition) is 4. The zero-order chi connectivity index (χ0) is 20.4. The number of carboxylic acids is 1. The van der Waals surface area contributed by atoms with Gasteiger partial charge in [-0.3, -0.25) is 10.1 Å². The summed E-state index contributed by atoms with van der Waals surface area (Å²) in [6.45, 7) is 7.81. The molecule has 1 aromatic rings. The molecule has 1 aromatic carbocycles. The minimum absolute atomic E-state index is 0.0121. The summed E-state index contributed by atoms with van der Waals surface area (Å²) in [6, 6.07) is 9.03. The molecule has 152 valence electrons. The summed E-state index contributed by atoms with van der Waals surface area (Å²) in [6.07, 6.45) is 0.809. The van der Waals surface area contributed by atoms with Crippen molar-refractivity contribution in [2.24, 2.45) is 5.73 Å². The van der Waals surface area contributed by atoms with E-state index in [-0.39, 0.29) is 5.92 Å². The first kappa shape index (κ1) is 22.9. The van der Waals surface area contributed by atoms with Gasteiger partial charge in [-0.25, -0.2) is 4.79 Å². The van der Waals surface area contributed by atoms with Crippen LogP contribution in [0.1, 0.15) is 58.4 Å². The summed E-state index contributed by atoms with van der Waals surface area (Å²) in [7, 11) is 0. The Hall–Kier alpha value is -2.12. The Labute approximate surface area is 161 Å². The van der Waals surface area contributed by atoms with E-state index in [9.17, 15) is 14.7 Å². The first-order valence-corrected chi connectivity index (χ1v) is 9.36. The number of amides is 1. The van der Waals surface area contributed by atoms with Gasteiger partial charge in [0.15, 0.2) is 0 Å². The van der Waals surface area contributed by atoms with Crippen molar-refractivity contribution >= 4 is 12.1 Å². The molecular weight excluding hydrogens is 346 g/mol. The van der Waals surface area contributed by atoms with Gasteiger partial charge in [-0.05, 0) is 45.6 Å². The molecule has 0 saturated carbocycles. The SMILES string of the molecule is CC(c1ccccc1)C(N)NC(CCCCNC(=O)OC(C)(C)C)C(=O)O. The number of nitrogens with one attached hydrogen (secondary N) is 2. The van der Waals surface area contributed by atoms with E-state index in [1.54, 1.807) is 20.8 Å². The number of carbonyl (C=O) groups excluding carboxylic acids is 1. The molecule has 7 heteroatoms. The number of carbonyl (C=O) groups is 2. The van der Waals surface area contributed by atoms with Crippen LogP contribution >= 0.6 is 0 Å². The lowest BCUT2D eigenvalue weighted by molar-refractivity contribution is -0.140. The average molecular weight is 380 g/mol. The molecule has 0 radical (unpaired) electrons. The molecule has 0 saturated heterocycles. The number of rotatable bonds is 10. The van der Waals surface area contributed by atoms with E-state index in [1.807, 2.05) is 37.3 Å². The van der Waals surface area contributed by atoms with Crippen LogP contribution in [-0.4, -0.2) is 41.5 Å². The van der Waals surface area contributed by atoms with Gasteiger partial charge in [-0.1, -0.05) is 37.3 Å². The Bertz CT molecular complexity index is 587. The number of hydrogen-bond acceptors (Lipinski definition) is 5. The van der Waals surface area contributed by atoms with E-state index in [2.05, 4.69) is 10.6 Å². The molecule has 27 heavy (non-hydrogen) atoms. The summed E-state index contributed by atoms with van der Waals surface area (Å²) in [5, 5.41) is 15.1. The summed E-state index contributed by atoms with van der Waals surface area (Å²) < 4.78 is 5.15. The predicted molar refractivity (Wildman–Crippen MR) is 105 cm³/mol. The van der Waals surface area contributed by atoms with Crippen molar-refractivity contribution in [2.75, 3.05) is 6.54 Å². The highest BCUT2D eigenvalue weighted by Gasteiger charge is 2.23. The van der Waals surface area contributed by atoms with Crippen molar-refractivity contribution in [3.05, 3.63) is 35.9 Å². The molecule has 1 rings (SSSR count). The molecule has 0 bridgehead atoms. The number of benzene rings is 1. The van der Waals surface area contributed by atoms with Crippen LogP contribution in [0, 0.1) is 0 Å². The molecule has 3 atom stereocenters. The summed E-state index contributed by atoms with van der Waals surface area (Å²) in [5.74, 6) is -0.937. The zero-order valence-corrected chi connectivity index (χ0v) is 16.7. The summed E-state index contributed by atoms with van der Waals surface area (Å²) >= 11 is 0. The van der Waals surface area contributed by atoms with Gasteiger partial charge in [0.25, 0.3) is 0 Å². The Morgan fingerprint density at radius 1 is 1.19 bits per heavy atom. The van der Waals surface area contributed by atoms with E-state index in [0.717, 1.165) is 5.56 Å². The maximum Gasteiger partial charge on any atom is 0.407 e. The highest BCUT2D eigenvalue weighted by atomic mass is 16.6. The Morgan fingerprint density at radius 3 is 2.37 bits per heavy atom. The second kappa shape index (κ2) is 10.9. The van der Waals surface area contributed by atoms with Crippen LogP contribution in [0.5, 0.6) is 0 Å². The van der Waals surface area contributed by atoms with Gasteiger partial charge in [0.1, 0.15) is 11.6 Å². The highest BCUT2D eigenvalue weighted by molar-refractivity contribution is 5.73. The second-order valence-electron chi connectivity index (χ2n) is 7.71. The first-order valence-electron chi connectivity index (χ1n) is 9.36. The number of aliphatic carboxylic acids is 1. The molecule has 5 N–H and O–H groups in total. The van der Waals surface area contributed by atoms with Crippen molar-refractivity contribution < 1.29 is 19.4 Å². The molecule has 1 amide bonds. The first-order chi connectivity index (χ1) is 12.6. The average Bonchev–Trinajstić information content (AvgIpc) is 2.58. The maximum atomic E-state index is 11.6. The van der Waals surface area contributed by atoms with Crippen molar-refractivity contribution in [2.45, 2.75) is 70.7 Å². The fraction of sp³-hybridized carbons (Fsp3) is 0.600. The molecule has 0 heterocycles. The second-order valence-corrected chi connectivity index (χ2v) is 7.71. The fourth-order valence-electron chi connectivity index (χ4n) is 2.60. The van der Waals surface area contributed by atoms with Crippen molar-refractivity contribution in [3.63, 3.8) is 0 Å². The van der Waals surface area contributed by atoms with Crippen LogP contribution in [0.4, 0.5) is 4.79 Å². The Kier molecular flexibility index (Phi) is 9.25. The van der Waals surface area contributed by atoms with Crippen LogP contribution in [0.25, 0.3) is 0 Å². The molecule has 0 aliphatic carbocycles. The monoisotopic (exact) mass is 379 g/mol. The van der Waals surface area contributed by atoms with Crippen LogP contribution in [-0.2, 0) is 9.53 Å². The predicted octanol–water partition coefficient (Wildman–Crippen LogP) is 2.81. The topological polar surface area (TPSA) is 114 Å². The number of alkyl carbamates (subject to hydrolysis) is 1. The van der Waals surface area contributed by atoms with E-state index < -0.39 is 29.9 Å². The summed E-state index contributed by atoms with van der Waals surface area (Å²) in [4.78, 5) is 23.1. The standard InChI is InChI=1S/C20H33N3O4/c1-14(15-10-6-5-7-11-15)17(21)23-16(18(24)25)12-8-9-13-22-19(26)27-20(2,3)4/h5-7,10-11,14,16-17,23H,8-9,12-13,21H2,1-4H3,(H,22,26)(H,24,25). The molecule has 0 aromatic heterocycles. The molecular formula is C20H33N3O4. The van der Waals surface area contributed by atoms with E-state index in [1.165, 1.54) is 0 Å². The molecule has 0 spiro atoms. The number of unbranched alkanes of at least 4 members (excludes halogenated alkanes) is 1. The smallest absolute Gasteiger partial charge is 0.407 e. The van der Waals surface area contributed by atoms with Crippen molar-refractivity contribution in [1.29, 1.82) is 0 Å². The minimum Gasteiger partial charge on any atom is -0.480 e. The van der Waals surface area contributed by atoms with Crippen LogP contribution in [0.15, 0.2) is 30.3 Å². The van der Waals surface area contributed by atoms with Crippen molar-refractivity contribution in [1.82, 2.24) is 10.6 Å². The van der Waals surface area contributed by atoms with E-state index in [4.69, 9.17) is 10.5 Å². The zero-order valence-electron chi connectivity index (χ0n) is 16.7. The highest BCUT2D eigenvalue weighted by Crippen LogP contribution is 2.17. The lowest BCUT2D eigenvalue weighted by atomic mass is 9.97. The third-order valence-electron chi connectivity index (χ3n) is 4.14. The number of carboxylic acid groups (broad SMARTS) is 1. The number of ether oxygens (including phenoxy) is 1. The maximum absolute atomic E-state index is 11.6. The lowest BCUT2D eigenvalue weighted by Crippen LogP contribution is -2.50. The van der Waals surface area contributed by atoms with Gasteiger partial charge in [0.2, 0.25) is 0 Å². The van der Waals surface area contributed by atoms with Gasteiger partial charge in [-0.15, -0.1) is 0 Å². The van der Waals surface area contributed by atoms with Gasteiger partial charge in [0, 0.05) is 12.5 Å². The molecule has 0 aliphatic rings. The Morgan fingerprint density at radius 2 is 1.81 bits per heavy atom. The lowest BCUT2D eigenvalue weighted by Gasteiger charge is -2.25. The van der Waals surface area contributed by atoms with Gasteiger partial charge in [-0.2, -0.15) is 0 Å². The van der Waals surface area contributed by atoms with Gasteiger partial charge >= 0.3 is 12.1 Å². The normalized spacial score (nSPS) is 14.9. The minimum atomic E-state index is -0.925. The summed E-state index contributed by atoms with van der Waals surface area (Å²) in [5.41, 5.74) is 6.69. The third kappa shape index (κ3) is 9.40. The molecule has 0 fully saturated rings. The van der Waals surface area contributed by atoms with Crippen LogP contribution in [0.2, 0.25) is 0 Å². The Balaban J connectivity index is 2.37. The van der Waals surface area contributed by atoms with Crippen molar-refractivity contribution in [3.8, 4) is 0 Å². The quantitative estimate of drug-likeness (QED) is 0.367. The molecule has 3 unspecified atom stereocenters. The van der Waals surface area contributed by atoms with Gasteiger partial charge < -0.3 is 20.9 Å². The largest absolute Gasteiger partial charge is 0.480 e. The van der Waals surface area contributed by atoms with E-state index in [0.29, 0.717) is 25.8 Å². The molecule has 0 aliphatic heterocycles. The third-order valence-corrected chi connectivity index (χ3v) is 4.14. The van der Waals surface area contributed by atoms with Crippen LogP contribution in [0.3, 0.4) is 0 Å². The fourth-order valence-corrected chi connectivity index (χ4v) is 2.60. The van der Waals surface area contributed by atoms with E-state index >= 15 is 0 Å².